The minimum absolute atomic E-state index is 0.631. The summed E-state index contributed by atoms with van der Waals surface area (Å²) >= 11 is 0. The number of aldehydes is 1. The summed E-state index contributed by atoms with van der Waals surface area (Å²) in [5.74, 6) is 0.812. The van der Waals surface area contributed by atoms with E-state index >= 15 is 0 Å². The van der Waals surface area contributed by atoms with E-state index in [1.165, 1.54) is 0 Å². The third kappa shape index (κ3) is 2.21. The Bertz CT molecular complexity index is 397. The fourth-order valence-corrected chi connectivity index (χ4v) is 1.73. The lowest BCUT2D eigenvalue weighted by molar-refractivity contribution is 0.112. The Labute approximate surface area is 95.9 Å². The molecule has 0 saturated carbocycles. The van der Waals surface area contributed by atoms with E-state index in [-0.39, 0.29) is 0 Å². The topological polar surface area (TPSA) is 38.1 Å². The predicted molar refractivity (Wildman–Crippen MR) is 65.9 cm³/mol. The van der Waals surface area contributed by atoms with E-state index < -0.39 is 0 Å². The van der Waals surface area contributed by atoms with Crippen molar-refractivity contribution in [3.63, 3.8) is 0 Å². The lowest BCUT2D eigenvalue weighted by Crippen LogP contribution is -2.26. The van der Waals surface area contributed by atoms with E-state index in [1.807, 2.05) is 18.9 Å². The number of carbonyl (C=O) groups is 1. The molecule has 0 aromatic carbocycles. The molecule has 0 aliphatic carbocycles. The lowest BCUT2D eigenvalue weighted by atomic mass is 10.2. The average molecular weight is 219 g/mol. The van der Waals surface area contributed by atoms with Gasteiger partial charge in [0.2, 0.25) is 0 Å². The summed E-state index contributed by atoms with van der Waals surface area (Å²) in [7, 11) is 1.83. The van der Waals surface area contributed by atoms with Gasteiger partial charge in [-0.25, -0.2) is 0 Å². The molecule has 0 amide bonds. The van der Waals surface area contributed by atoms with Gasteiger partial charge in [-0.2, -0.15) is 5.10 Å². The number of hydrogen-bond donors (Lipinski definition) is 0. The zero-order valence-electron chi connectivity index (χ0n) is 9.81. The molecule has 16 heavy (non-hydrogen) atoms. The summed E-state index contributed by atoms with van der Waals surface area (Å²) in [6.07, 6.45) is 4.43. The number of aryl methyl sites for hydroxylation is 2. The summed E-state index contributed by atoms with van der Waals surface area (Å²) in [6, 6.07) is 0. The minimum atomic E-state index is 0.631. The van der Waals surface area contributed by atoms with E-state index in [1.54, 1.807) is 16.8 Å². The lowest BCUT2D eigenvalue weighted by Gasteiger charge is -2.21. The first-order chi connectivity index (χ1) is 7.65. The van der Waals surface area contributed by atoms with Gasteiger partial charge in [0.1, 0.15) is 5.82 Å². The Morgan fingerprint density at radius 2 is 1.94 bits per heavy atom. The molecule has 4 nitrogen and oxygen atoms in total. The number of hydrogen-bond acceptors (Lipinski definition) is 3. The van der Waals surface area contributed by atoms with Crippen molar-refractivity contribution >= 4 is 12.1 Å². The molecule has 0 bridgehead atoms. The van der Waals surface area contributed by atoms with Gasteiger partial charge < -0.3 is 4.90 Å². The summed E-state index contributed by atoms with van der Waals surface area (Å²) in [5, 5.41) is 4.24. The smallest absolute Gasteiger partial charge is 0.155 e. The highest BCUT2D eigenvalue weighted by Crippen LogP contribution is 2.21. The molecular formula is C12H17N3O. The molecule has 4 heteroatoms. The van der Waals surface area contributed by atoms with Gasteiger partial charge >= 0.3 is 0 Å². The Morgan fingerprint density at radius 1 is 1.38 bits per heavy atom. The van der Waals surface area contributed by atoms with Crippen LogP contribution in [0.15, 0.2) is 25.3 Å². The van der Waals surface area contributed by atoms with Crippen LogP contribution in [0.2, 0.25) is 0 Å². The van der Waals surface area contributed by atoms with Crippen LogP contribution < -0.4 is 4.90 Å². The van der Waals surface area contributed by atoms with Crippen LogP contribution in [0.25, 0.3) is 0 Å². The number of carbonyl (C=O) groups excluding carboxylic acids is 1. The van der Waals surface area contributed by atoms with Crippen molar-refractivity contribution in [1.82, 2.24) is 9.78 Å². The number of rotatable bonds is 6. The van der Waals surface area contributed by atoms with Crippen LogP contribution >= 0.6 is 0 Å². The monoisotopic (exact) mass is 219 g/mol. The molecule has 0 fully saturated rings. The fourth-order valence-electron chi connectivity index (χ4n) is 1.73. The molecule has 0 radical (unpaired) electrons. The van der Waals surface area contributed by atoms with Gasteiger partial charge in [-0.3, -0.25) is 9.48 Å². The molecular weight excluding hydrogens is 202 g/mol. The fraction of sp³-hybridized carbons (Fsp3) is 0.333. The van der Waals surface area contributed by atoms with Crippen molar-refractivity contribution in [2.24, 2.45) is 7.05 Å². The molecule has 0 aliphatic rings. The van der Waals surface area contributed by atoms with E-state index in [2.05, 4.69) is 18.3 Å². The quantitative estimate of drug-likeness (QED) is 0.540. The molecule has 0 spiro atoms. The van der Waals surface area contributed by atoms with Crippen LogP contribution in [0, 0.1) is 6.92 Å². The Balaban J connectivity index is 3.20. The molecule has 0 aliphatic heterocycles. The molecule has 1 heterocycles. The second kappa shape index (κ2) is 5.30. The zero-order valence-corrected chi connectivity index (χ0v) is 9.81. The van der Waals surface area contributed by atoms with Crippen LogP contribution in [0.4, 0.5) is 5.82 Å². The first kappa shape index (κ1) is 12.2. The van der Waals surface area contributed by atoms with Gasteiger partial charge in [0.25, 0.3) is 0 Å². The van der Waals surface area contributed by atoms with Gasteiger partial charge in [-0.1, -0.05) is 12.2 Å². The SMILES string of the molecule is C=CCN(CC=C)c1c(C=O)c(C)nn1C. The number of anilines is 1. The van der Waals surface area contributed by atoms with Gasteiger partial charge in [-0.15, -0.1) is 13.2 Å². The highest BCUT2D eigenvalue weighted by molar-refractivity contribution is 5.84. The van der Waals surface area contributed by atoms with Crippen molar-refractivity contribution in [3.8, 4) is 0 Å². The molecule has 0 N–H and O–H groups in total. The van der Waals surface area contributed by atoms with Crippen LogP contribution in [0.5, 0.6) is 0 Å². The Hall–Kier alpha value is -1.84. The van der Waals surface area contributed by atoms with Gasteiger partial charge in [0.15, 0.2) is 6.29 Å². The standard InChI is InChI=1S/C12H17N3O/c1-5-7-15(8-6-2)12-11(9-16)10(3)13-14(12)4/h5-6,9H,1-2,7-8H2,3-4H3. The van der Waals surface area contributed by atoms with Gasteiger partial charge in [0, 0.05) is 20.1 Å². The summed E-state index contributed by atoms with van der Waals surface area (Å²) in [4.78, 5) is 13.0. The maximum atomic E-state index is 11.0. The summed E-state index contributed by atoms with van der Waals surface area (Å²) in [6.45, 7) is 10.6. The molecule has 0 saturated heterocycles. The normalized spacial score (nSPS) is 9.88. The van der Waals surface area contributed by atoms with Crippen molar-refractivity contribution < 1.29 is 4.79 Å². The number of nitrogens with zero attached hydrogens (tertiary/aromatic N) is 3. The van der Waals surface area contributed by atoms with Crippen LogP contribution in [0.1, 0.15) is 16.1 Å². The van der Waals surface area contributed by atoms with Crippen molar-refractivity contribution in [1.29, 1.82) is 0 Å². The maximum Gasteiger partial charge on any atom is 0.155 e. The summed E-state index contributed by atoms with van der Waals surface area (Å²) < 4.78 is 1.71. The Morgan fingerprint density at radius 3 is 2.38 bits per heavy atom. The second-order valence-corrected chi connectivity index (χ2v) is 3.55. The van der Waals surface area contributed by atoms with Crippen LogP contribution in [-0.2, 0) is 7.05 Å². The molecule has 1 aromatic rings. The van der Waals surface area contributed by atoms with E-state index in [4.69, 9.17) is 0 Å². The second-order valence-electron chi connectivity index (χ2n) is 3.55. The highest BCUT2D eigenvalue weighted by atomic mass is 16.1. The highest BCUT2D eigenvalue weighted by Gasteiger charge is 2.17. The molecule has 1 aromatic heterocycles. The van der Waals surface area contributed by atoms with E-state index in [9.17, 15) is 4.79 Å². The van der Waals surface area contributed by atoms with Crippen molar-refractivity contribution in [2.75, 3.05) is 18.0 Å². The van der Waals surface area contributed by atoms with Crippen LogP contribution in [-0.4, -0.2) is 29.2 Å². The predicted octanol–water partition coefficient (Wildman–Crippen LogP) is 1.72. The molecule has 1 rings (SSSR count). The minimum Gasteiger partial charge on any atom is -0.349 e. The number of aromatic nitrogens is 2. The summed E-state index contributed by atoms with van der Waals surface area (Å²) in [5.41, 5.74) is 1.37. The molecule has 0 atom stereocenters. The van der Waals surface area contributed by atoms with E-state index in [0.717, 1.165) is 17.8 Å². The van der Waals surface area contributed by atoms with Crippen molar-refractivity contribution in [2.45, 2.75) is 6.92 Å². The molecule has 0 unspecified atom stereocenters. The zero-order chi connectivity index (χ0) is 12.1. The molecule has 86 valence electrons. The van der Waals surface area contributed by atoms with Gasteiger partial charge in [0.05, 0.1) is 11.3 Å². The largest absolute Gasteiger partial charge is 0.349 e. The Kier molecular flexibility index (Phi) is 4.05. The average Bonchev–Trinajstić information content (AvgIpc) is 2.52. The third-order valence-electron chi connectivity index (χ3n) is 2.35. The van der Waals surface area contributed by atoms with Crippen molar-refractivity contribution in [3.05, 3.63) is 36.6 Å². The van der Waals surface area contributed by atoms with Crippen LogP contribution in [0.3, 0.4) is 0 Å². The van der Waals surface area contributed by atoms with E-state index in [0.29, 0.717) is 18.7 Å². The van der Waals surface area contributed by atoms with Gasteiger partial charge in [-0.05, 0) is 6.92 Å². The first-order valence-electron chi connectivity index (χ1n) is 5.11. The first-order valence-corrected chi connectivity index (χ1v) is 5.11. The maximum absolute atomic E-state index is 11.0. The third-order valence-corrected chi connectivity index (χ3v) is 2.35.